The molecule has 1 aromatic carbocycles. The molecule has 0 amide bonds. The molecule has 0 saturated carbocycles. The SMILES string of the molecule is Cc1cc(-n2ccc(-c3nccs3)n2)c2c(n1)N(c1ccc(C#N)cc1C(F)(F)F)CC2. The van der Waals surface area contributed by atoms with Gasteiger partial charge in [-0.1, -0.05) is 0 Å². The number of anilines is 2. The number of pyridine rings is 1. The summed E-state index contributed by atoms with van der Waals surface area (Å²) in [7, 11) is 0. The van der Waals surface area contributed by atoms with Crippen LogP contribution in [0.5, 0.6) is 0 Å². The second-order valence-electron chi connectivity index (χ2n) is 7.31. The monoisotopic (exact) mass is 452 g/mol. The van der Waals surface area contributed by atoms with Gasteiger partial charge in [0.2, 0.25) is 0 Å². The van der Waals surface area contributed by atoms with Crippen molar-refractivity contribution in [3.63, 3.8) is 0 Å². The van der Waals surface area contributed by atoms with E-state index in [0.717, 1.165) is 28.0 Å². The van der Waals surface area contributed by atoms with Crippen LogP contribution in [-0.2, 0) is 12.6 Å². The average molecular weight is 452 g/mol. The van der Waals surface area contributed by atoms with Gasteiger partial charge >= 0.3 is 6.18 Å². The Morgan fingerprint density at radius 3 is 2.72 bits per heavy atom. The summed E-state index contributed by atoms with van der Waals surface area (Å²) in [6, 6.07) is 9.14. The maximum absolute atomic E-state index is 13.8. The van der Waals surface area contributed by atoms with Gasteiger partial charge in [0, 0.05) is 35.6 Å². The molecule has 160 valence electrons. The molecule has 1 aliphatic heterocycles. The van der Waals surface area contributed by atoms with Crippen LogP contribution in [0.1, 0.15) is 22.4 Å². The number of thiazole rings is 1. The molecule has 0 aliphatic carbocycles. The lowest BCUT2D eigenvalue weighted by Crippen LogP contribution is -2.20. The zero-order chi connectivity index (χ0) is 22.5. The van der Waals surface area contributed by atoms with Crippen molar-refractivity contribution in [3.05, 3.63) is 70.5 Å². The number of nitrogens with zero attached hydrogens (tertiary/aromatic N) is 6. The largest absolute Gasteiger partial charge is 0.418 e. The maximum Gasteiger partial charge on any atom is 0.418 e. The quantitative estimate of drug-likeness (QED) is 0.423. The Hall–Kier alpha value is -3.71. The molecule has 0 bridgehead atoms. The maximum atomic E-state index is 13.8. The third-order valence-corrected chi connectivity index (χ3v) is 6.05. The molecular weight excluding hydrogens is 437 g/mol. The molecule has 0 atom stereocenters. The minimum Gasteiger partial charge on any atom is -0.325 e. The van der Waals surface area contributed by atoms with Crippen LogP contribution in [0.2, 0.25) is 0 Å². The number of fused-ring (bicyclic) bond motifs is 1. The minimum atomic E-state index is -4.60. The number of alkyl halides is 3. The summed E-state index contributed by atoms with van der Waals surface area (Å²) in [4.78, 5) is 10.4. The van der Waals surface area contributed by atoms with Gasteiger partial charge in [0.1, 0.15) is 16.5 Å². The predicted molar refractivity (Wildman–Crippen MR) is 114 cm³/mol. The van der Waals surface area contributed by atoms with Crippen molar-refractivity contribution in [1.29, 1.82) is 5.26 Å². The summed E-state index contributed by atoms with van der Waals surface area (Å²) in [5.74, 6) is 0.474. The van der Waals surface area contributed by atoms with Crippen LogP contribution in [-0.4, -0.2) is 26.3 Å². The standard InChI is InChI=1S/C22H15F3N6S/c1-13-10-19(31-8-5-17(29-31)21-27-6-9-32-21)15-4-7-30(20(15)28-13)18-3-2-14(12-26)11-16(18)22(23,24)25/h2-3,5-6,8-11H,4,7H2,1H3. The number of aryl methyl sites for hydroxylation is 1. The van der Waals surface area contributed by atoms with E-state index in [9.17, 15) is 13.2 Å². The molecule has 0 N–H and O–H groups in total. The van der Waals surface area contributed by atoms with Crippen molar-refractivity contribution in [1.82, 2.24) is 19.7 Å². The Morgan fingerprint density at radius 1 is 1.16 bits per heavy atom. The third-order valence-electron chi connectivity index (χ3n) is 5.26. The molecule has 0 radical (unpaired) electrons. The number of rotatable bonds is 3. The predicted octanol–water partition coefficient (Wildman–Crippen LogP) is 5.28. The molecule has 4 aromatic rings. The molecule has 0 saturated heterocycles. The molecule has 5 rings (SSSR count). The van der Waals surface area contributed by atoms with E-state index in [1.807, 2.05) is 23.7 Å². The second kappa shape index (κ2) is 7.46. The van der Waals surface area contributed by atoms with Gasteiger partial charge in [-0.2, -0.15) is 23.5 Å². The molecule has 0 spiro atoms. The lowest BCUT2D eigenvalue weighted by molar-refractivity contribution is -0.137. The molecule has 0 fully saturated rings. The normalized spacial score (nSPS) is 13.3. The first kappa shape index (κ1) is 20.2. The van der Waals surface area contributed by atoms with E-state index < -0.39 is 11.7 Å². The van der Waals surface area contributed by atoms with Crippen molar-refractivity contribution in [2.24, 2.45) is 0 Å². The highest BCUT2D eigenvalue weighted by Gasteiger charge is 2.37. The van der Waals surface area contributed by atoms with Crippen LogP contribution in [0.25, 0.3) is 16.4 Å². The molecule has 4 heterocycles. The van der Waals surface area contributed by atoms with Crippen LogP contribution in [0.4, 0.5) is 24.7 Å². The van der Waals surface area contributed by atoms with E-state index >= 15 is 0 Å². The topological polar surface area (TPSA) is 70.6 Å². The minimum absolute atomic E-state index is 0.0109. The number of benzene rings is 1. The van der Waals surface area contributed by atoms with Gasteiger partial charge in [-0.05, 0) is 43.7 Å². The fourth-order valence-corrected chi connectivity index (χ4v) is 4.49. The molecule has 10 heteroatoms. The first-order valence-corrected chi connectivity index (χ1v) is 10.6. The summed E-state index contributed by atoms with van der Waals surface area (Å²) < 4.78 is 43.1. The molecule has 3 aromatic heterocycles. The van der Waals surface area contributed by atoms with Crippen molar-refractivity contribution < 1.29 is 13.2 Å². The summed E-state index contributed by atoms with van der Waals surface area (Å²) in [5, 5.41) is 16.3. The number of halogens is 3. The highest BCUT2D eigenvalue weighted by atomic mass is 32.1. The smallest absolute Gasteiger partial charge is 0.325 e. The van der Waals surface area contributed by atoms with Gasteiger partial charge < -0.3 is 4.90 Å². The van der Waals surface area contributed by atoms with E-state index in [4.69, 9.17) is 5.26 Å². The van der Waals surface area contributed by atoms with E-state index in [-0.39, 0.29) is 11.3 Å². The molecule has 32 heavy (non-hydrogen) atoms. The molecule has 1 aliphatic rings. The second-order valence-corrected chi connectivity index (χ2v) is 8.21. The van der Waals surface area contributed by atoms with Crippen molar-refractivity contribution in [3.8, 4) is 22.5 Å². The van der Waals surface area contributed by atoms with Gasteiger partial charge in [0.15, 0.2) is 0 Å². The lowest BCUT2D eigenvalue weighted by atomic mass is 10.1. The number of aromatic nitrogens is 4. The first-order valence-electron chi connectivity index (χ1n) is 9.70. The highest BCUT2D eigenvalue weighted by Crippen LogP contribution is 2.43. The van der Waals surface area contributed by atoms with Crippen LogP contribution in [0.3, 0.4) is 0 Å². The van der Waals surface area contributed by atoms with Crippen LogP contribution >= 0.6 is 11.3 Å². The first-order chi connectivity index (χ1) is 15.3. The Morgan fingerprint density at radius 2 is 2.00 bits per heavy atom. The van der Waals surface area contributed by atoms with Gasteiger partial charge in [0.05, 0.1) is 28.6 Å². The molecular formula is C22H15F3N6S. The zero-order valence-electron chi connectivity index (χ0n) is 16.8. The van der Waals surface area contributed by atoms with Crippen molar-refractivity contribution >= 4 is 22.8 Å². The summed E-state index contributed by atoms with van der Waals surface area (Å²) >= 11 is 1.48. The van der Waals surface area contributed by atoms with E-state index in [1.165, 1.54) is 23.5 Å². The fraction of sp³-hybridized carbons (Fsp3) is 0.182. The van der Waals surface area contributed by atoms with E-state index in [0.29, 0.717) is 24.5 Å². The number of hydrogen-bond donors (Lipinski definition) is 0. The van der Waals surface area contributed by atoms with E-state index in [2.05, 4.69) is 15.1 Å². The zero-order valence-corrected chi connectivity index (χ0v) is 17.6. The van der Waals surface area contributed by atoms with Crippen LogP contribution < -0.4 is 4.90 Å². The van der Waals surface area contributed by atoms with Gasteiger partial charge in [-0.15, -0.1) is 11.3 Å². The number of nitriles is 1. The Bertz CT molecular complexity index is 1350. The van der Waals surface area contributed by atoms with Gasteiger partial charge in [-0.25, -0.2) is 14.6 Å². The van der Waals surface area contributed by atoms with Crippen LogP contribution in [0.15, 0.2) is 48.1 Å². The molecule has 6 nitrogen and oxygen atoms in total. The summed E-state index contributed by atoms with van der Waals surface area (Å²) in [6.07, 6.45) is -0.553. The molecule has 0 unspecified atom stereocenters. The van der Waals surface area contributed by atoms with Gasteiger partial charge in [0.25, 0.3) is 0 Å². The lowest BCUT2D eigenvalue weighted by Gasteiger charge is -2.23. The summed E-state index contributed by atoms with van der Waals surface area (Å²) in [6.45, 7) is 2.14. The Kier molecular flexibility index (Phi) is 4.71. The van der Waals surface area contributed by atoms with E-state index in [1.54, 1.807) is 28.8 Å². The van der Waals surface area contributed by atoms with Crippen LogP contribution in [0, 0.1) is 18.3 Å². The van der Waals surface area contributed by atoms with Crippen molar-refractivity contribution in [2.45, 2.75) is 19.5 Å². The van der Waals surface area contributed by atoms with Gasteiger partial charge in [-0.3, -0.25) is 0 Å². The number of hydrogen-bond acceptors (Lipinski definition) is 6. The highest BCUT2D eigenvalue weighted by molar-refractivity contribution is 7.13. The summed E-state index contributed by atoms with van der Waals surface area (Å²) in [5.41, 5.74) is 2.10. The Balaban J connectivity index is 1.61. The van der Waals surface area contributed by atoms with Crippen molar-refractivity contribution in [2.75, 3.05) is 11.4 Å². The third kappa shape index (κ3) is 3.40. The average Bonchev–Trinajstić information content (AvgIpc) is 3.52. The fourth-order valence-electron chi connectivity index (χ4n) is 3.89. The Labute approximate surface area is 185 Å².